The highest BCUT2D eigenvalue weighted by Gasteiger charge is 2.34. The molecule has 0 amide bonds. The third kappa shape index (κ3) is 4.37. The Morgan fingerprint density at radius 1 is 1.44 bits per heavy atom. The molecule has 1 saturated heterocycles. The summed E-state index contributed by atoms with van der Waals surface area (Å²) in [4.78, 5) is 18.6. The van der Waals surface area contributed by atoms with Gasteiger partial charge in [0, 0.05) is 30.7 Å². The Hall–Kier alpha value is -2.22. The number of carbonyl (C=O) groups excluding carboxylic acids is 1. The zero-order valence-electron chi connectivity index (χ0n) is 15.8. The predicted octanol–water partition coefficient (Wildman–Crippen LogP) is 1.49. The number of aliphatic hydroxyl groups is 1. The molecule has 3 N–H and O–H groups in total. The topological polar surface area (TPSA) is 97.9 Å². The molecule has 1 aliphatic heterocycles. The zero-order valence-corrected chi connectivity index (χ0v) is 15.8. The number of esters is 1. The van der Waals surface area contributed by atoms with E-state index in [2.05, 4.69) is 9.88 Å². The number of aromatic nitrogens is 1. The van der Waals surface area contributed by atoms with Crippen LogP contribution in [0.4, 0.5) is 0 Å². The van der Waals surface area contributed by atoms with Crippen molar-refractivity contribution in [2.24, 2.45) is 11.7 Å². The number of likely N-dealkylation sites (tertiary alicyclic amines) is 1. The molecule has 0 radical (unpaired) electrons. The van der Waals surface area contributed by atoms with E-state index in [1.165, 1.54) is 0 Å². The number of ether oxygens (including phenoxy) is 2. The van der Waals surface area contributed by atoms with Gasteiger partial charge in [-0.25, -0.2) is 0 Å². The third-order valence-electron chi connectivity index (χ3n) is 5.11. The molecule has 1 aliphatic rings. The number of piperidine rings is 1. The SMILES string of the molecule is CCOC(=O)C1CN(C[C@H](O)c2ccnc3ccc(OC)cc23)CCC1N. The number of nitrogens with two attached hydrogens (primary N) is 1. The lowest BCUT2D eigenvalue weighted by atomic mass is 9.92. The zero-order chi connectivity index (χ0) is 19.4. The van der Waals surface area contributed by atoms with Crippen LogP contribution in [-0.4, -0.2) is 60.4 Å². The van der Waals surface area contributed by atoms with Gasteiger partial charge in [-0.2, -0.15) is 0 Å². The molecule has 1 fully saturated rings. The minimum Gasteiger partial charge on any atom is -0.497 e. The summed E-state index contributed by atoms with van der Waals surface area (Å²) in [6.07, 6.45) is 1.68. The number of methoxy groups -OCH3 is 1. The minimum absolute atomic E-state index is 0.205. The van der Waals surface area contributed by atoms with Gasteiger partial charge in [0.2, 0.25) is 0 Å². The summed E-state index contributed by atoms with van der Waals surface area (Å²) >= 11 is 0. The van der Waals surface area contributed by atoms with Gasteiger partial charge in [-0.05, 0) is 49.7 Å². The molecule has 3 rings (SSSR count). The van der Waals surface area contributed by atoms with Crippen molar-refractivity contribution in [3.05, 3.63) is 36.0 Å². The maximum absolute atomic E-state index is 12.1. The molecule has 0 bridgehead atoms. The molecule has 1 aromatic carbocycles. The van der Waals surface area contributed by atoms with Crippen molar-refractivity contribution in [1.82, 2.24) is 9.88 Å². The summed E-state index contributed by atoms with van der Waals surface area (Å²) < 4.78 is 10.4. The molecule has 3 atom stereocenters. The molecule has 2 aromatic rings. The Balaban J connectivity index is 1.76. The molecule has 7 nitrogen and oxygen atoms in total. The smallest absolute Gasteiger partial charge is 0.311 e. The highest BCUT2D eigenvalue weighted by molar-refractivity contribution is 5.83. The van der Waals surface area contributed by atoms with Gasteiger partial charge in [0.15, 0.2) is 0 Å². The van der Waals surface area contributed by atoms with E-state index in [0.29, 0.717) is 26.1 Å². The molecule has 7 heteroatoms. The second-order valence-electron chi connectivity index (χ2n) is 6.87. The normalized spacial score (nSPS) is 21.8. The van der Waals surface area contributed by atoms with Crippen molar-refractivity contribution in [2.45, 2.75) is 25.5 Å². The number of pyridine rings is 1. The standard InChI is InChI=1S/C20H27N3O4/c1-3-27-20(25)16-11-23(9-7-17(16)21)12-19(24)14-6-8-22-18-5-4-13(26-2)10-15(14)18/h4-6,8,10,16-17,19,24H,3,7,9,11-12,21H2,1-2H3/t16?,17?,19-/m0/s1. The summed E-state index contributed by atoms with van der Waals surface area (Å²) in [7, 11) is 1.61. The van der Waals surface area contributed by atoms with Gasteiger partial charge in [-0.3, -0.25) is 14.7 Å². The summed E-state index contributed by atoms with van der Waals surface area (Å²) in [6.45, 7) is 3.77. The van der Waals surface area contributed by atoms with Crippen molar-refractivity contribution in [3.63, 3.8) is 0 Å². The van der Waals surface area contributed by atoms with E-state index >= 15 is 0 Å². The van der Waals surface area contributed by atoms with Crippen LogP contribution in [0.5, 0.6) is 5.75 Å². The van der Waals surface area contributed by atoms with E-state index in [4.69, 9.17) is 15.2 Å². The molecule has 0 saturated carbocycles. The molecule has 2 unspecified atom stereocenters. The van der Waals surface area contributed by atoms with Crippen LogP contribution in [-0.2, 0) is 9.53 Å². The Morgan fingerprint density at radius 2 is 2.26 bits per heavy atom. The largest absolute Gasteiger partial charge is 0.497 e. The van der Waals surface area contributed by atoms with Crippen molar-refractivity contribution in [3.8, 4) is 5.75 Å². The van der Waals surface area contributed by atoms with Crippen molar-refractivity contribution < 1.29 is 19.4 Å². The van der Waals surface area contributed by atoms with Crippen LogP contribution >= 0.6 is 0 Å². The number of β-amino-alcohol motifs (C(OH)–C–C–N with tert-alkyl or cyclic N) is 1. The number of hydrogen-bond acceptors (Lipinski definition) is 7. The number of hydrogen-bond donors (Lipinski definition) is 2. The van der Waals surface area contributed by atoms with Gasteiger partial charge < -0.3 is 20.3 Å². The summed E-state index contributed by atoms with van der Waals surface area (Å²) in [5.41, 5.74) is 7.70. The maximum atomic E-state index is 12.1. The highest BCUT2D eigenvalue weighted by Crippen LogP contribution is 2.28. The molecule has 0 spiro atoms. The van der Waals surface area contributed by atoms with Crippen LogP contribution in [0.15, 0.2) is 30.5 Å². The lowest BCUT2D eigenvalue weighted by Crippen LogP contribution is -2.51. The van der Waals surface area contributed by atoms with Gasteiger partial charge in [-0.1, -0.05) is 0 Å². The molecule has 1 aromatic heterocycles. The van der Waals surface area contributed by atoms with Gasteiger partial charge in [0.25, 0.3) is 0 Å². The molecule has 27 heavy (non-hydrogen) atoms. The van der Waals surface area contributed by atoms with Gasteiger partial charge in [-0.15, -0.1) is 0 Å². The summed E-state index contributed by atoms with van der Waals surface area (Å²) in [6, 6.07) is 7.23. The first-order valence-corrected chi connectivity index (χ1v) is 9.28. The average Bonchev–Trinajstić information content (AvgIpc) is 2.68. The average molecular weight is 373 g/mol. The molecular formula is C20H27N3O4. The van der Waals surface area contributed by atoms with Crippen LogP contribution < -0.4 is 10.5 Å². The third-order valence-corrected chi connectivity index (χ3v) is 5.11. The fraction of sp³-hybridized carbons (Fsp3) is 0.500. The Labute approximate surface area is 159 Å². The predicted molar refractivity (Wildman–Crippen MR) is 102 cm³/mol. The first kappa shape index (κ1) is 19.5. The Bertz CT molecular complexity index is 798. The van der Waals surface area contributed by atoms with Crippen LogP contribution in [0.25, 0.3) is 10.9 Å². The van der Waals surface area contributed by atoms with E-state index in [-0.39, 0.29) is 17.9 Å². The van der Waals surface area contributed by atoms with Crippen molar-refractivity contribution >= 4 is 16.9 Å². The van der Waals surface area contributed by atoms with E-state index in [1.807, 2.05) is 24.3 Å². The highest BCUT2D eigenvalue weighted by atomic mass is 16.5. The van der Waals surface area contributed by atoms with Gasteiger partial charge in [0.05, 0.1) is 31.3 Å². The first-order chi connectivity index (χ1) is 13.0. The minimum atomic E-state index is -0.709. The summed E-state index contributed by atoms with van der Waals surface area (Å²) in [5, 5.41) is 11.7. The number of nitrogens with zero attached hydrogens (tertiary/aromatic N) is 2. The maximum Gasteiger partial charge on any atom is 0.311 e. The van der Waals surface area contributed by atoms with Crippen LogP contribution in [0.2, 0.25) is 0 Å². The Kier molecular flexibility index (Phi) is 6.26. The fourth-order valence-corrected chi connectivity index (χ4v) is 3.61. The van der Waals surface area contributed by atoms with Gasteiger partial charge in [0.1, 0.15) is 5.75 Å². The van der Waals surface area contributed by atoms with Crippen molar-refractivity contribution in [1.29, 1.82) is 0 Å². The molecule has 0 aliphatic carbocycles. The van der Waals surface area contributed by atoms with Crippen LogP contribution in [0.1, 0.15) is 25.0 Å². The molecule has 2 heterocycles. The van der Waals surface area contributed by atoms with Crippen LogP contribution in [0.3, 0.4) is 0 Å². The fourth-order valence-electron chi connectivity index (χ4n) is 3.61. The number of carbonyl (C=O) groups is 1. The number of rotatable bonds is 6. The van der Waals surface area contributed by atoms with E-state index in [9.17, 15) is 9.90 Å². The van der Waals surface area contributed by atoms with E-state index < -0.39 is 6.10 Å². The van der Waals surface area contributed by atoms with E-state index in [1.54, 1.807) is 20.2 Å². The summed E-state index contributed by atoms with van der Waals surface area (Å²) in [5.74, 6) is 0.0961. The van der Waals surface area contributed by atoms with Crippen LogP contribution in [0, 0.1) is 5.92 Å². The Morgan fingerprint density at radius 3 is 3.00 bits per heavy atom. The quantitative estimate of drug-likeness (QED) is 0.740. The number of aliphatic hydroxyl groups excluding tert-OH is 1. The second-order valence-corrected chi connectivity index (χ2v) is 6.87. The number of fused-ring (bicyclic) bond motifs is 1. The van der Waals surface area contributed by atoms with E-state index in [0.717, 1.165) is 28.8 Å². The lowest BCUT2D eigenvalue weighted by Gasteiger charge is -2.36. The monoisotopic (exact) mass is 373 g/mol. The first-order valence-electron chi connectivity index (χ1n) is 9.28. The molecular weight excluding hydrogens is 346 g/mol. The van der Waals surface area contributed by atoms with Gasteiger partial charge >= 0.3 is 5.97 Å². The number of benzene rings is 1. The second kappa shape index (κ2) is 8.65. The molecule has 146 valence electrons. The van der Waals surface area contributed by atoms with Crippen molar-refractivity contribution in [2.75, 3.05) is 33.4 Å². The lowest BCUT2D eigenvalue weighted by molar-refractivity contribution is -0.150.